The van der Waals surface area contributed by atoms with Crippen LogP contribution in [-0.2, 0) is 14.3 Å². The van der Waals surface area contributed by atoms with Crippen LogP contribution in [0.2, 0.25) is 5.02 Å². The van der Waals surface area contributed by atoms with Crippen molar-refractivity contribution in [1.82, 2.24) is 4.90 Å². The molecule has 0 saturated carbocycles. The zero-order valence-electron chi connectivity index (χ0n) is 12.5. The van der Waals surface area contributed by atoms with Crippen molar-refractivity contribution in [3.63, 3.8) is 0 Å². The van der Waals surface area contributed by atoms with Crippen molar-refractivity contribution in [3.8, 4) is 0 Å². The Balaban J connectivity index is 2.44. The van der Waals surface area contributed by atoms with Crippen molar-refractivity contribution in [2.75, 3.05) is 20.3 Å². The van der Waals surface area contributed by atoms with Gasteiger partial charge in [0.15, 0.2) is 11.5 Å². The summed E-state index contributed by atoms with van der Waals surface area (Å²) < 4.78 is 5.00. The lowest BCUT2D eigenvalue weighted by Crippen LogP contribution is -2.32. The highest BCUT2D eigenvalue weighted by Gasteiger charge is 2.42. The topological polar surface area (TPSA) is 66.8 Å². The number of hydrogen-bond acceptors (Lipinski definition) is 4. The lowest BCUT2D eigenvalue weighted by atomic mass is 9.96. The summed E-state index contributed by atoms with van der Waals surface area (Å²) in [4.78, 5) is 25.7. The van der Waals surface area contributed by atoms with E-state index in [2.05, 4.69) is 0 Å². The van der Waals surface area contributed by atoms with Gasteiger partial charge in [0, 0.05) is 25.3 Å². The third-order valence-electron chi connectivity index (χ3n) is 3.63. The maximum absolute atomic E-state index is 12.3. The first kappa shape index (κ1) is 16.5. The molecule has 0 bridgehead atoms. The van der Waals surface area contributed by atoms with Crippen LogP contribution in [0.15, 0.2) is 35.6 Å². The number of hydrogen-bond donors (Lipinski definition) is 1. The highest BCUT2D eigenvalue weighted by atomic mass is 35.5. The Morgan fingerprint density at radius 2 is 2.09 bits per heavy atom. The zero-order valence-corrected chi connectivity index (χ0v) is 13.3. The van der Waals surface area contributed by atoms with Crippen molar-refractivity contribution >= 4 is 23.3 Å². The number of halogens is 1. The number of benzene rings is 1. The molecule has 6 heteroatoms. The molecule has 1 atom stereocenters. The first-order valence-corrected chi connectivity index (χ1v) is 7.35. The number of ketones is 1. The molecule has 1 aliphatic rings. The number of rotatable bonds is 6. The van der Waals surface area contributed by atoms with Gasteiger partial charge in [0.25, 0.3) is 5.91 Å². The van der Waals surface area contributed by atoms with E-state index in [0.717, 1.165) is 0 Å². The minimum Gasteiger partial charge on any atom is -0.503 e. The Kier molecular flexibility index (Phi) is 5.21. The van der Waals surface area contributed by atoms with Crippen molar-refractivity contribution in [3.05, 3.63) is 46.2 Å². The fourth-order valence-electron chi connectivity index (χ4n) is 2.64. The second kappa shape index (κ2) is 6.94. The second-order valence-corrected chi connectivity index (χ2v) is 5.49. The van der Waals surface area contributed by atoms with Crippen LogP contribution in [0.1, 0.15) is 24.9 Å². The molecule has 1 amide bonds. The van der Waals surface area contributed by atoms with E-state index in [-0.39, 0.29) is 11.4 Å². The van der Waals surface area contributed by atoms with Crippen molar-refractivity contribution in [2.45, 2.75) is 19.4 Å². The fraction of sp³-hybridized carbons (Fsp3) is 0.375. The van der Waals surface area contributed by atoms with Crippen LogP contribution in [-0.4, -0.2) is 42.0 Å². The summed E-state index contributed by atoms with van der Waals surface area (Å²) in [6, 6.07) is 6.35. The largest absolute Gasteiger partial charge is 0.503 e. The van der Waals surface area contributed by atoms with Crippen molar-refractivity contribution in [2.24, 2.45) is 0 Å². The van der Waals surface area contributed by atoms with Gasteiger partial charge in [0.1, 0.15) is 0 Å². The van der Waals surface area contributed by atoms with Crippen LogP contribution in [0.4, 0.5) is 0 Å². The molecule has 2 rings (SSSR count). The zero-order chi connectivity index (χ0) is 16.3. The normalized spacial score (nSPS) is 18.2. The molecule has 1 heterocycles. The Labute approximate surface area is 134 Å². The van der Waals surface area contributed by atoms with Crippen LogP contribution >= 0.6 is 11.6 Å². The molecule has 0 aliphatic carbocycles. The third-order valence-corrected chi connectivity index (χ3v) is 3.97. The van der Waals surface area contributed by atoms with Crippen LogP contribution in [0.3, 0.4) is 0 Å². The first-order chi connectivity index (χ1) is 10.5. The Morgan fingerprint density at radius 1 is 1.41 bits per heavy atom. The molecule has 0 aromatic heterocycles. The summed E-state index contributed by atoms with van der Waals surface area (Å²) in [5.41, 5.74) is 0.722. The van der Waals surface area contributed by atoms with Gasteiger partial charge in [-0.1, -0.05) is 29.8 Å². The van der Waals surface area contributed by atoms with Gasteiger partial charge < -0.3 is 14.7 Å². The van der Waals surface area contributed by atoms with Gasteiger partial charge in [-0.05, 0) is 25.0 Å². The van der Waals surface area contributed by atoms with E-state index in [1.165, 1.54) is 11.8 Å². The maximum atomic E-state index is 12.3. The summed E-state index contributed by atoms with van der Waals surface area (Å²) in [5, 5.41) is 10.5. The molecular weight excluding hydrogens is 306 g/mol. The smallest absolute Gasteiger partial charge is 0.290 e. The van der Waals surface area contributed by atoms with Crippen LogP contribution in [0, 0.1) is 0 Å². The van der Waals surface area contributed by atoms with Crippen LogP contribution < -0.4 is 0 Å². The number of nitrogens with zero attached hydrogens (tertiary/aromatic N) is 1. The lowest BCUT2D eigenvalue weighted by molar-refractivity contribution is -0.129. The van der Waals surface area contributed by atoms with Gasteiger partial charge in [0.05, 0.1) is 11.6 Å². The first-order valence-electron chi connectivity index (χ1n) is 6.97. The van der Waals surface area contributed by atoms with Gasteiger partial charge in [-0.15, -0.1) is 0 Å². The molecule has 1 aromatic carbocycles. The maximum Gasteiger partial charge on any atom is 0.290 e. The number of aliphatic hydroxyl groups excluding tert-OH is 1. The Bertz CT molecular complexity index is 626. The predicted molar refractivity (Wildman–Crippen MR) is 82.7 cm³/mol. The van der Waals surface area contributed by atoms with E-state index >= 15 is 0 Å². The number of aliphatic hydroxyl groups is 1. The molecular formula is C16H18ClNO4. The number of carbonyl (C=O) groups excluding carboxylic acids is 2. The van der Waals surface area contributed by atoms with Crippen molar-refractivity contribution < 1.29 is 19.4 Å². The fourth-order valence-corrected chi connectivity index (χ4v) is 2.88. The van der Waals surface area contributed by atoms with E-state index in [4.69, 9.17) is 16.3 Å². The number of Topliss-reactive ketones (excluding diaryl/α,β-unsaturated/α-hetero) is 1. The highest BCUT2D eigenvalue weighted by molar-refractivity contribution is 6.31. The van der Waals surface area contributed by atoms with Gasteiger partial charge in [0.2, 0.25) is 0 Å². The molecule has 0 spiro atoms. The minimum atomic E-state index is -0.657. The molecule has 22 heavy (non-hydrogen) atoms. The molecule has 118 valence electrons. The van der Waals surface area contributed by atoms with Gasteiger partial charge in [-0.25, -0.2) is 0 Å². The minimum absolute atomic E-state index is 0.0931. The van der Waals surface area contributed by atoms with Gasteiger partial charge in [-0.3, -0.25) is 9.59 Å². The second-order valence-electron chi connectivity index (χ2n) is 5.09. The predicted octanol–water partition coefficient (Wildman–Crippen LogP) is 2.66. The molecule has 0 radical (unpaired) electrons. The SMILES string of the molecule is COCCCN1C(=O)C(O)=C(C(C)=O)[C@@H]1c1ccccc1Cl. The number of methoxy groups -OCH3 is 1. The van der Waals surface area contributed by atoms with Gasteiger partial charge >= 0.3 is 0 Å². The van der Waals surface area contributed by atoms with Gasteiger partial charge in [-0.2, -0.15) is 0 Å². The van der Waals surface area contributed by atoms with Crippen molar-refractivity contribution in [1.29, 1.82) is 0 Å². The summed E-state index contributed by atoms with van der Waals surface area (Å²) in [6.07, 6.45) is 0.599. The summed E-state index contributed by atoms with van der Waals surface area (Å²) in [6.45, 7) is 2.18. The number of amides is 1. The quantitative estimate of drug-likeness (QED) is 0.817. The molecule has 1 N–H and O–H groups in total. The molecule has 1 aromatic rings. The van der Waals surface area contributed by atoms with Crippen LogP contribution in [0.5, 0.6) is 0 Å². The van der Waals surface area contributed by atoms with E-state index in [0.29, 0.717) is 30.2 Å². The molecule has 0 fully saturated rings. The van der Waals surface area contributed by atoms with E-state index < -0.39 is 17.7 Å². The van der Waals surface area contributed by atoms with E-state index in [9.17, 15) is 14.7 Å². The summed E-state index contributed by atoms with van der Waals surface area (Å²) >= 11 is 6.22. The van der Waals surface area contributed by atoms with E-state index in [1.54, 1.807) is 31.4 Å². The number of carbonyl (C=O) groups is 2. The Morgan fingerprint density at radius 3 is 2.68 bits per heavy atom. The Hall–Kier alpha value is -1.85. The number of ether oxygens (including phenoxy) is 1. The average molecular weight is 324 g/mol. The lowest BCUT2D eigenvalue weighted by Gasteiger charge is -2.27. The molecule has 5 nitrogen and oxygen atoms in total. The molecule has 0 saturated heterocycles. The average Bonchev–Trinajstić information content (AvgIpc) is 2.73. The molecule has 0 unspecified atom stereocenters. The summed E-state index contributed by atoms with van der Waals surface area (Å²) in [7, 11) is 1.58. The highest BCUT2D eigenvalue weighted by Crippen LogP contribution is 2.40. The third kappa shape index (κ3) is 3.00. The monoisotopic (exact) mass is 323 g/mol. The molecule has 1 aliphatic heterocycles. The summed E-state index contributed by atoms with van der Waals surface area (Å²) in [5.74, 6) is -1.38. The standard InChI is InChI=1S/C16H18ClNO4/c1-10(19)13-14(11-6-3-4-7-12(11)17)18(8-5-9-22-2)16(21)15(13)20/h3-4,6-7,14,20H,5,8-9H2,1-2H3/t14-/m0/s1. The van der Waals surface area contributed by atoms with Crippen LogP contribution in [0.25, 0.3) is 0 Å². The van der Waals surface area contributed by atoms with E-state index in [1.807, 2.05) is 0 Å².